The molecule has 2 aliphatic rings. The monoisotopic (exact) mass is 370 g/mol. The highest BCUT2D eigenvalue weighted by Crippen LogP contribution is 2.31. The van der Waals surface area contributed by atoms with Gasteiger partial charge in [0.15, 0.2) is 5.69 Å². The summed E-state index contributed by atoms with van der Waals surface area (Å²) in [6.45, 7) is 4.53. The number of likely N-dealkylation sites (tertiary alicyclic amines) is 1. The molecule has 27 heavy (non-hydrogen) atoms. The number of fused-ring (bicyclic) bond motifs is 1. The Bertz CT molecular complexity index is 873. The van der Waals surface area contributed by atoms with Crippen LogP contribution in [0.4, 0.5) is 4.39 Å². The van der Waals surface area contributed by atoms with Crippen molar-refractivity contribution < 1.29 is 9.18 Å². The molecule has 6 heteroatoms. The molecule has 1 aliphatic heterocycles. The molecule has 1 aliphatic carbocycles. The minimum absolute atomic E-state index is 0.0459. The van der Waals surface area contributed by atoms with E-state index in [2.05, 4.69) is 5.10 Å². The zero-order chi connectivity index (χ0) is 19.1. The smallest absolute Gasteiger partial charge is 0.274 e. The number of carbonyl (C=O) groups excluding carboxylic acids is 1. The van der Waals surface area contributed by atoms with Gasteiger partial charge in [0.1, 0.15) is 11.5 Å². The van der Waals surface area contributed by atoms with Gasteiger partial charge in [-0.1, -0.05) is 6.07 Å². The van der Waals surface area contributed by atoms with Crippen LogP contribution in [0.3, 0.4) is 0 Å². The van der Waals surface area contributed by atoms with Crippen LogP contribution < -0.4 is 5.73 Å². The average molecular weight is 370 g/mol. The van der Waals surface area contributed by atoms with Gasteiger partial charge in [0.05, 0.1) is 0 Å². The number of amides is 1. The van der Waals surface area contributed by atoms with Crippen LogP contribution in [0.25, 0.3) is 5.69 Å². The van der Waals surface area contributed by atoms with Crippen molar-refractivity contribution >= 4 is 5.91 Å². The van der Waals surface area contributed by atoms with Crippen LogP contribution in [0.1, 0.15) is 59.9 Å². The topological polar surface area (TPSA) is 64.2 Å². The van der Waals surface area contributed by atoms with E-state index < -0.39 is 0 Å². The van der Waals surface area contributed by atoms with E-state index in [1.165, 1.54) is 6.07 Å². The van der Waals surface area contributed by atoms with E-state index in [9.17, 15) is 9.18 Å². The van der Waals surface area contributed by atoms with Crippen LogP contribution in [0, 0.1) is 12.7 Å². The van der Waals surface area contributed by atoms with Crippen LogP contribution >= 0.6 is 0 Å². The van der Waals surface area contributed by atoms with Crippen LogP contribution in [0.15, 0.2) is 18.2 Å². The van der Waals surface area contributed by atoms with Gasteiger partial charge in [-0.2, -0.15) is 5.10 Å². The van der Waals surface area contributed by atoms with E-state index in [1.807, 2.05) is 24.8 Å². The fraction of sp³-hybridized carbons (Fsp3) is 0.524. The number of benzene rings is 1. The molecule has 2 N–H and O–H groups in total. The first kappa shape index (κ1) is 18.2. The van der Waals surface area contributed by atoms with Crippen molar-refractivity contribution in [2.24, 2.45) is 5.73 Å². The Morgan fingerprint density at radius 2 is 2.11 bits per heavy atom. The van der Waals surface area contributed by atoms with Gasteiger partial charge < -0.3 is 10.6 Å². The van der Waals surface area contributed by atoms with E-state index in [0.717, 1.165) is 55.3 Å². The molecular weight excluding hydrogens is 343 g/mol. The molecule has 0 saturated carbocycles. The third kappa shape index (κ3) is 3.16. The van der Waals surface area contributed by atoms with Gasteiger partial charge >= 0.3 is 0 Å². The molecule has 1 fully saturated rings. The van der Waals surface area contributed by atoms with E-state index in [1.54, 1.807) is 10.7 Å². The molecule has 2 atom stereocenters. The van der Waals surface area contributed by atoms with Crippen LogP contribution in [0.5, 0.6) is 0 Å². The molecule has 1 saturated heterocycles. The predicted molar refractivity (Wildman–Crippen MR) is 103 cm³/mol. The normalized spacial score (nSPS) is 20.6. The summed E-state index contributed by atoms with van der Waals surface area (Å²) in [4.78, 5) is 15.3. The minimum Gasteiger partial charge on any atom is -0.333 e. The zero-order valence-corrected chi connectivity index (χ0v) is 16.0. The fourth-order valence-electron chi connectivity index (χ4n) is 4.48. The summed E-state index contributed by atoms with van der Waals surface area (Å²) in [6.07, 6.45) is 5.62. The molecule has 2 heterocycles. The maximum absolute atomic E-state index is 14.6. The van der Waals surface area contributed by atoms with Crippen molar-refractivity contribution in [2.75, 3.05) is 6.54 Å². The number of hydrogen-bond acceptors (Lipinski definition) is 3. The first-order valence-corrected chi connectivity index (χ1v) is 9.91. The van der Waals surface area contributed by atoms with Gasteiger partial charge in [0, 0.05) is 29.9 Å². The van der Waals surface area contributed by atoms with Gasteiger partial charge in [0.2, 0.25) is 0 Å². The second-order valence-electron chi connectivity index (χ2n) is 7.91. The van der Waals surface area contributed by atoms with Crippen molar-refractivity contribution in [2.45, 2.75) is 64.5 Å². The van der Waals surface area contributed by atoms with Crippen LogP contribution in [-0.2, 0) is 12.8 Å². The number of halogens is 1. The van der Waals surface area contributed by atoms with Gasteiger partial charge in [-0.05, 0) is 70.1 Å². The summed E-state index contributed by atoms with van der Waals surface area (Å²) < 4.78 is 16.2. The van der Waals surface area contributed by atoms with Crippen molar-refractivity contribution in [1.29, 1.82) is 0 Å². The van der Waals surface area contributed by atoms with Gasteiger partial charge in [-0.3, -0.25) is 4.79 Å². The number of aryl methyl sites for hydroxylation is 1. The first-order valence-electron chi connectivity index (χ1n) is 9.91. The van der Waals surface area contributed by atoms with E-state index >= 15 is 0 Å². The van der Waals surface area contributed by atoms with Crippen LogP contribution in [0.2, 0.25) is 0 Å². The third-order valence-corrected chi connectivity index (χ3v) is 5.88. The average Bonchev–Trinajstić information content (AvgIpc) is 3.24. The number of nitrogens with zero attached hydrogens (tertiary/aromatic N) is 3. The molecule has 5 nitrogen and oxygen atoms in total. The number of aromatic nitrogens is 2. The Hall–Kier alpha value is -2.21. The lowest BCUT2D eigenvalue weighted by Gasteiger charge is -2.37. The molecule has 4 rings (SSSR count). The molecular formula is C21H27FN4O. The molecule has 1 aromatic heterocycles. The lowest BCUT2D eigenvalue weighted by Crippen LogP contribution is -2.51. The standard InChI is InChI=1S/C21H27FN4O/c1-13-9-10-19(16(22)12-13)26-18-8-5-6-15(18)20(24-26)21(27)25-11-4-3-7-17(25)14(2)23/h9-10,12,14,17H,3-8,11,23H2,1-2H3. The number of hydrogen-bond donors (Lipinski definition) is 1. The summed E-state index contributed by atoms with van der Waals surface area (Å²) in [5.41, 5.74) is 9.86. The second kappa shape index (κ2) is 7.08. The lowest BCUT2D eigenvalue weighted by atomic mass is 9.96. The summed E-state index contributed by atoms with van der Waals surface area (Å²) in [7, 11) is 0. The molecule has 2 unspecified atom stereocenters. The summed E-state index contributed by atoms with van der Waals surface area (Å²) in [6, 6.07) is 5.11. The Morgan fingerprint density at radius 3 is 2.85 bits per heavy atom. The van der Waals surface area contributed by atoms with Crippen molar-refractivity contribution in [3.05, 3.63) is 46.5 Å². The van der Waals surface area contributed by atoms with Gasteiger partial charge in [-0.15, -0.1) is 0 Å². The van der Waals surface area contributed by atoms with Crippen LogP contribution in [-0.4, -0.2) is 39.2 Å². The largest absolute Gasteiger partial charge is 0.333 e. The first-order chi connectivity index (χ1) is 13.0. The van der Waals surface area contributed by atoms with Crippen molar-refractivity contribution in [1.82, 2.24) is 14.7 Å². The Labute approximate surface area is 159 Å². The summed E-state index contributed by atoms with van der Waals surface area (Å²) in [5.74, 6) is -0.362. The SMILES string of the molecule is Cc1ccc(-n2nc(C(=O)N3CCCCC3C(C)N)c3c2CCC3)c(F)c1. The van der Waals surface area contributed by atoms with Gasteiger partial charge in [0.25, 0.3) is 5.91 Å². The molecule has 0 radical (unpaired) electrons. The number of carbonyl (C=O) groups is 1. The maximum Gasteiger partial charge on any atom is 0.274 e. The van der Waals surface area contributed by atoms with E-state index in [4.69, 9.17) is 5.73 Å². The molecule has 144 valence electrons. The highest BCUT2D eigenvalue weighted by molar-refractivity contribution is 5.94. The molecule has 0 bridgehead atoms. The Balaban J connectivity index is 1.75. The van der Waals surface area contributed by atoms with Crippen molar-refractivity contribution in [3.63, 3.8) is 0 Å². The van der Waals surface area contributed by atoms with E-state index in [-0.39, 0.29) is 23.8 Å². The minimum atomic E-state index is -0.308. The van der Waals surface area contributed by atoms with Crippen molar-refractivity contribution in [3.8, 4) is 5.69 Å². The Morgan fingerprint density at radius 1 is 1.30 bits per heavy atom. The zero-order valence-electron chi connectivity index (χ0n) is 16.0. The molecule has 1 amide bonds. The van der Waals surface area contributed by atoms with E-state index in [0.29, 0.717) is 17.9 Å². The summed E-state index contributed by atoms with van der Waals surface area (Å²) >= 11 is 0. The predicted octanol–water partition coefficient (Wildman–Crippen LogP) is 3.15. The fourth-order valence-corrected chi connectivity index (χ4v) is 4.48. The highest BCUT2D eigenvalue weighted by Gasteiger charge is 2.35. The number of nitrogens with two attached hydrogens (primary N) is 1. The number of piperidine rings is 1. The maximum atomic E-state index is 14.6. The second-order valence-corrected chi connectivity index (χ2v) is 7.91. The highest BCUT2D eigenvalue weighted by atomic mass is 19.1. The molecule has 0 spiro atoms. The molecule has 1 aromatic carbocycles. The quantitative estimate of drug-likeness (QED) is 0.903. The summed E-state index contributed by atoms with van der Waals surface area (Å²) in [5, 5.41) is 4.61. The lowest BCUT2D eigenvalue weighted by molar-refractivity contribution is 0.0576. The third-order valence-electron chi connectivity index (χ3n) is 5.88. The number of rotatable bonds is 3. The molecule has 2 aromatic rings. The Kier molecular flexibility index (Phi) is 4.76. The van der Waals surface area contributed by atoms with Gasteiger partial charge in [-0.25, -0.2) is 9.07 Å².